The molecule has 4 fully saturated rings. The van der Waals surface area contributed by atoms with Gasteiger partial charge in [0, 0.05) is 46.9 Å². The fraction of sp³-hybridized carbons (Fsp3) is 0.458. The Hall–Kier alpha value is -5.05. The molecule has 4 aromatic heterocycles. The van der Waals surface area contributed by atoms with Gasteiger partial charge in [0.15, 0.2) is 0 Å². The Morgan fingerprint density at radius 2 is 1.19 bits per heavy atom. The van der Waals surface area contributed by atoms with E-state index in [1.807, 2.05) is 6.07 Å². The zero-order valence-corrected chi connectivity index (χ0v) is 43.0. The maximum atomic E-state index is 12.9. The van der Waals surface area contributed by atoms with Crippen LogP contribution >= 0.6 is 34.3 Å². The molecule has 14 nitrogen and oxygen atoms in total. The van der Waals surface area contributed by atoms with Gasteiger partial charge in [0.2, 0.25) is 20.0 Å². The third-order valence-electron chi connectivity index (χ3n) is 13.6. The lowest BCUT2D eigenvalue weighted by molar-refractivity contribution is -0.127. The molecule has 25 heteroatoms. The summed E-state index contributed by atoms with van der Waals surface area (Å²) in [6.45, 7) is 3.43. The van der Waals surface area contributed by atoms with Crippen LogP contribution < -0.4 is 19.7 Å². The molecule has 2 aliphatic heterocycles. The van der Waals surface area contributed by atoms with Gasteiger partial charge in [-0.25, -0.2) is 46.2 Å². The average Bonchev–Trinajstić information content (AvgIpc) is 4.20. The number of alkyl halides is 6. The number of benzene rings is 2. The van der Waals surface area contributed by atoms with Crippen LogP contribution in [0.2, 0.25) is 5.15 Å². The summed E-state index contributed by atoms with van der Waals surface area (Å²) in [5.74, 6) is 0.642. The van der Waals surface area contributed by atoms with Crippen molar-refractivity contribution in [1.82, 2.24) is 34.7 Å². The molecule has 3 N–H and O–H groups in total. The van der Waals surface area contributed by atoms with Crippen molar-refractivity contribution in [3.05, 3.63) is 99.4 Å². The summed E-state index contributed by atoms with van der Waals surface area (Å²) in [4.78, 5) is 20.1. The molecule has 2 saturated carbocycles. The third kappa shape index (κ3) is 13.8. The van der Waals surface area contributed by atoms with Crippen molar-refractivity contribution < 1.29 is 43.2 Å². The van der Waals surface area contributed by atoms with Crippen LogP contribution in [0.25, 0.3) is 20.4 Å². The molecule has 10 rings (SSSR count). The Balaban J connectivity index is 0.000000162. The van der Waals surface area contributed by atoms with Crippen molar-refractivity contribution in [3.8, 4) is 12.1 Å². The first-order valence-corrected chi connectivity index (χ1v) is 28.2. The van der Waals surface area contributed by atoms with Gasteiger partial charge in [-0.2, -0.15) is 36.9 Å². The highest BCUT2D eigenvalue weighted by Gasteiger charge is 2.46. The van der Waals surface area contributed by atoms with Crippen molar-refractivity contribution in [2.75, 3.05) is 31.1 Å². The standard InChI is InChI=1S/C24H24F3N5O2S2.C16H21N3O2S.C8H4ClF3N2S/c25-24(26,27)13-18-11-20-21(29-15-30-22(20)35-18)32-10-8-23(14-32)7-5-17(12-23)31-36(33,34)19-3-1-16(2-4-19)6-9-28;17-9-6-13-1-3-15(4-2-13)22(20,21)19-14-5-7-16(11-14)8-10-18-12-16;9-6-5-1-4(2-8(10,11)12)15-7(5)14-3-13-6/h1-4,11,15,17,31H,5-8,10,12-14H2;1-4,14,18-19H,5-8,10-12H2;1,3H,2H2. The lowest BCUT2D eigenvalue weighted by Crippen LogP contribution is -2.34. The minimum atomic E-state index is -4.28. The predicted molar refractivity (Wildman–Crippen MR) is 266 cm³/mol. The summed E-state index contributed by atoms with van der Waals surface area (Å²) in [7, 11) is -7.16. The van der Waals surface area contributed by atoms with Crippen molar-refractivity contribution in [3.63, 3.8) is 0 Å². The van der Waals surface area contributed by atoms with Crippen LogP contribution in [-0.2, 0) is 45.7 Å². The zero-order valence-electron chi connectivity index (χ0n) is 38.9. The number of hydrogen-bond acceptors (Lipinski definition) is 14. The predicted octanol–water partition coefficient (Wildman–Crippen LogP) is 9.60. The highest BCUT2D eigenvalue weighted by molar-refractivity contribution is 7.89. The van der Waals surface area contributed by atoms with Crippen molar-refractivity contribution in [1.29, 1.82) is 10.5 Å². The van der Waals surface area contributed by atoms with Crippen molar-refractivity contribution in [2.24, 2.45) is 10.8 Å². The van der Waals surface area contributed by atoms with E-state index < -0.39 is 45.2 Å². The Bertz CT molecular complexity index is 3230. The number of nitrogens with zero attached hydrogens (tertiary/aromatic N) is 7. The van der Waals surface area contributed by atoms with Crippen LogP contribution in [0.1, 0.15) is 72.2 Å². The first kappa shape index (κ1) is 54.2. The monoisotopic (exact) mass is 1110 g/mol. The SMILES string of the molecule is FC(F)(F)Cc1cc2c(Cl)ncnc2s1.N#CCc1ccc(S(=O)(=O)NC2CCC3(CCN(c4ncnc5sc(CC(F)(F)F)cc45)C3)C2)cc1.N#CCc1ccc(S(=O)(=O)NC2CCC3(CCNC3)C2)cc1. The summed E-state index contributed by atoms with van der Waals surface area (Å²) in [5, 5.41) is 22.1. The van der Waals surface area contributed by atoms with Crippen LogP contribution in [0, 0.1) is 33.5 Å². The molecule has 4 aliphatic rings. The number of thiophene rings is 2. The van der Waals surface area contributed by atoms with E-state index in [1.165, 1.54) is 30.9 Å². The van der Waals surface area contributed by atoms with E-state index in [0.29, 0.717) is 64.0 Å². The van der Waals surface area contributed by atoms with Gasteiger partial charge in [0.1, 0.15) is 33.3 Å². The largest absolute Gasteiger partial charge is 0.393 e. The van der Waals surface area contributed by atoms with E-state index in [-0.39, 0.29) is 48.6 Å². The lowest BCUT2D eigenvalue weighted by Gasteiger charge is -2.25. The molecule has 2 aliphatic carbocycles. The molecule has 388 valence electrons. The molecule has 4 atom stereocenters. The quantitative estimate of drug-likeness (QED) is 0.0819. The fourth-order valence-corrected chi connectivity index (χ4v) is 15.0. The maximum Gasteiger partial charge on any atom is 0.393 e. The fourth-order valence-electron chi connectivity index (χ4n) is 10.2. The molecular weight excluding hydrogens is 1060 g/mol. The first-order valence-electron chi connectivity index (χ1n) is 23.2. The number of nitrogens with one attached hydrogen (secondary N) is 3. The van der Waals surface area contributed by atoms with Gasteiger partial charge >= 0.3 is 12.4 Å². The van der Waals surface area contributed by atoms with E-state index >= 15 is 0 Å². The second-order valence-electron chi connectivity index (χ2n) is 19.0. The molecule has 0 amide bonds. The Labute approximate surface area is 431 Å². The Morgan fingerprint density at radius 1 is 0.699 bits per heavy atom. The van der Waals surface area contributed by atoms with E-state index in [4.69, 9.17) is 22.1 Å². The van der Waals surface area contributed by atoms with Gasteiger partial charge in [0.25, 0.3) is 0 Å². The highest BCUT2D eigenvalue weighted by atomic mass is 35.5. The van der Waals surface area contributed by atoms with E-state index in [2.05, 4.69) is 45.7 Å². The number of sulfonamides is 2. The number of fused-ring (bicyclic) bond motifs is 2. The van der Waals surface area contributed by atoms with Gasteiger partial charge in [-0.1, -0.05) is 35.9 Å². The van der Waals surface area contributed by atoms with Crippen LogP contribution in [0.15, 0.2) is 83.1 Å². The van der Waals surface area contributed by atoms with Gasteiger partial charge in [0.05, 0.1) is 53.0 Å². The minimum absolute atomic E-state index is 0.0312. The van der Waals surface area contributed by atoms with Crippen LogP contribution in [-0.4, -0.2) is 87.4 Å². The van der Waals surface area contributed by atoms with Crippen LogP contribution in [0.3, 0.4) is 0 Å². The molecule has 6 heterocycles. The molecule has 0 radical (unpaired) electrons. The van der Waals surface area contributed by atoms with Gasteiger partial charge < -0.3 is 10.2 Å². The number of rotatable bonds is 11. The lowest BCUT2D eigenvalue weighted by atomic mass is 9.85. The molecular formula is C48H49ClF6N10O4S4. The number of hydrogen-bond donors (Lipinski definition) is 3. The molecule has 4 unspecified atom stereocenters. The Morgan fingerprint density at radius 3 is 1.68 bits per heavy atom. The van der Waals surface area contributed by atoms with Crippen molar-refractivity contribution in [2.45, 2.75) is 111 Å². The van der Waals surface area contributed by atoms with Crippen molar-refractivity contribution >= 4 is 80.6 Å². The minimum Gasteiger partial charge on any atom is -0.355 e. The van der Waals surface area contributed by atoms with Crippen LogP contribution in [0.4, 0.5) is 32.2 Å². The summed E-state index contributed by atoms with van der Waals surface area (Å²) in [6.07, 6.45) is -0.0883. The first-order chi connectivity index (χ1) is 34.5. The molecule has 2 spiro atoms. The van der Waals surface area contributed by atoms with E-state index in [1.54, 1.807) is 42.5 Å². The molecule has 73 heavy (non-hydrogen) atoms. The second-order valence-corrected chi connectivity index (χ2v) is 25.0. The smallest absolute Gasteiger partial charge is 0.355 e. The average molecular weight is 1110 g/mol. The molecule has 6 aromatic rings. The number of halogens is 7. The van der Waals surface area contributed by atoms with E-state index in [0.717, 1.165) is 85.4 Å². The zero-order chi connectivity index (χ0) is 52.2. The number of nitriles is 2. The van der Waals surface area contributed by atoms with Gasteiger partial charge in [-0.3, -0.25) is 0 Å². The summed E-state index contributed by atoms with van der Waals surface area (Å²) < 4.78 is 131. The van der Waals surface area contributed by atoms with Crippen LogP contribution in [0.5, 0.6) is 0 Å². The maximum absolute atomic E-state index is 12.9. The van der Waals surface area contributed by atoms with E-state index in [9.17, 15) is 43.2 Å². The highest BCUT2D eigenvalue weighted by Crippen LogP contribution is 2.48. The molecule has 2 aromatic carbocycles. The molecule has 0 bridgehead atoms. The normalized spacial score (nSPS) is 22.1. The second kappa shape index (κ2) is 22.0. The third-order valence-corrected chi connectivity index (χ3v) is 19.1. The van der Waals surface area contributed by atoms with Gasteiger partial charge in [-0.05, 0) is 116 Å². The topological polar surface area (TPSA) is 207 Å². The molecule has 2 saturated heterocycles. The van der Waals surface area contributed by atoms with Gasteiger partial charge in [-0.15, -0.1) is 22.7 Å². The number of aromatic nitrogens is 4. The number of anilines is 1. The Kier molecular flexibility index (Phi) is 16.4. The summed E-state index contributed by atoms with van der Waals surface area (Å²) in [5.41, 5.74) is 1.81. The summed E-state index contributed by atoms with van der Waals surface area (Å²) >= 11 is 7.74. The summed E-state index contributed by atoms with van der Waals surface area (Å²) in [6, 6.07) is 19.8.